The average molecular weight is 200 g/mol. The van der Waals surface area contributed by atoms with Crippen molar-refractivity contribution in [1.82, 2.24) is 4.98 Å². The molecule has 68 valence electrons. The third-order valence-electron chi connectivity index (χ3n) is 2.04. The quantitative estimate of drug-likeness (QED) is 0.521. The zero-order valence-electron chi connectivity index (χ0n) is 7.69. The molecule has 0 atom stereocenters. The standard InChI is InChI=1S/C11H8N2S/c1-8-5-10-9(6-12-8)3-2-4-11(10)13-7-14/h2-6H,1H3. The molecule has 0 amide bonds. The molecule has 0 aliphatic heterocycles. The second kappa shape index (κ2) is 3.66. The molecule has 2 nitrogen and oxygen atoms in total. The molecule has 0 aliphatic carbocycles. The second-order valence-corrected chi connectivity index (χ2v) is 3.21. The molecule has 0 N–H and O–H groups in total. The molecule has 2 aromatic rings. The highest BCUT2D eigenvalue weighted by Gasteiger charge is 1.99. The minimum absolute atomic E-state index is 0.850. The van der Waals surface area contributed by atoms with Crippen LogP contribution in [0.1, 0.15) is 5.69 Å². The van der Waals surface area contributed by atoms with E-state index in [9.17, 15) is 0 Å². The summed E-state index contributed by atoms with van der Waals surface area (Å²) in [6, 6.07) is 7.86. The molecule has 3 heteroatoms. The van der Waals surface area contributed by atoms with Crippen molar-refractivity contribution in [2.75, 3.05) is 0 Å². The van der Waals surface area contributed by atoms with Gasteiger partial charge in [-0.1, -0.05) is 12.1 Å². The maximum absolute atomic E-state index is 4.60. The van der Waals surface area contributed by atoms with Crippen LogP contribution in [0.2, 0.25) is 0 Å². The van der Waals surface area contributed by atoms with Gasteiger partial charge in [-0.2, -0.15) is 4.99 Å². The van der Waals surface area contributed by atoms with Crippen LogP contribution in [0.25, 0.3) is 10.8 Å². The number of thiocarbonyl (C=S) groups is 1. The van der Waals surface area contributed by atoms with E-state index >= 15 is 0 Å². The van der Waals surface area contributed by atoms with Crippen LogP contribution in [0.15, 0.2) is 35.5 Å². The number of rotatable bonds is 1. The van der Waals surface area contributed by atoms with Crippen LogP contribution in [0.3, 0.4) is 0 Å². The predicted octanol–water partition coefficient (Wildman–Crippen LogP) is 3.28. The van der Waals surface area contributed by atoms with Gasteiger partial charge in [-0.15, -0.1) is 0 Å². The van der Waals surface area contributed by atoms with E-state index in [1.165, 1.54) is 0 Å². The van der Waals surface area contributed by atoms with Gasteiger partial charge in [0, 0.05) is 22.7 Å². The molecule has 0 saturated carbocycles. The first-order chi connectivity index (χ1) is 6.81. The smallest absolute Gasteiger partial charge is 0.0819 e. The SMILES string of the molecule is Cc1cc2c(N=C=S)cccc2cn1. The summed E-state index contributed by atoms with van der Waals surface area (Å²) in [7, 11) is 0. The molecule has 2 rings (SSSR count). The van der Waals surface area contributed by atoms with Gasteiger partial charge in [-0.05, 0) is 31.3 Å². The van der Waals surface area contributed by atoms with Gasteiger partial charge in [-0.25, -0.2) is 0 Å². The lowest BCUT2D eigenvalue weighted by Gasteiger charge is -2.00. The lowest BCUT2D eigenvalue weighted by molar-refractivity contribution is 1.22. The van der Waals surface area contributed by atoms with Crippen molar-refractivity contribution in [3.63, 3.8) is 0 Å². The zero-order chi connectivity index (χ0) is 9.97. The number of hydrogen-bond donors (Lipinski definition) is 0. The summed E-state index contributed by atoms with van der Waals surface area (Å²) < 4.78 is 0. The van der Waals surface area contributed by atoms with Crippen molar-refractivity contribution in [2.24, 2.45) is 4.99 Å². The summed E-state index contributed by atoms with van der Waals surface area (Å²) >= 11 is 4.60. The summed E-state index contributed by atoms with van der Waals surface area (Å²) in [5, 5.41) is 4.52. The minimum Gasteiger partial charge on any atom is -0.261 e. The van der Waals surface area contributed by atoms with Gasteiger partial charge >= 0.3 is 0 Å². The number of pyridine rings is 1. The van der Waals surface area contributed by atoms with Crippen molar-refractivity contribution in [1.29, 1.82) is 0 Å². The topological polar surface area (TPSA) is 25.2 Å². The number of isothiocyanates is 1. The monoisotopic (exact) mass is 200 g/mol. The summed E-state index contributed by atoms with van der Waals surface area (Å²) in [5.74, 6) is 0. The van der Waals surface area contributed by atoms with Crippen molar-refractivity contribution in [3.05, 3.63) is 36.2 Å². The van der Waals surface area contributed by atoms with Crippen LogP contribution in [0, 0.1) is 6.92 Å². The number of fused-ring (bicyclic) bond motifs is 1. The molecule has 1 aromatic heterocycles. The van der Waals surface area contributed by atoms with E-state index in [4.69, 9.17) is 0 Å². The normalized spacial score (nSPS) is 9.79. The van der Waals surface area contributed by atoms with Gasteiger partial charge in [0.15, 0.2) is 0 Å². The highest BCUT2D eigenvalue weighted by atomic mass is 32.1. The highest BCUT2D eigenvalue weighted by molar-refractivity contribution is 7.78. The number of aryl methyl sites for hydroxylation is 1. The summed E-state index contributed by atoms with van der Waals surface area (Å²) in [4.78, 5) is 8.23. The van der Waals surface area contributed by atoms with Gasteiger partial charge < -0.3 is 0 Å². The Bertz CT molecular complexity index is 528. The van der Waals surface area contributed by atoms with E-state index in [1.807, 2.05) is 37.4 Å². The second-order valence-electron chi connectivity index (χ2n) is 3.03. The largest absolute Gasteiger partial charge is 0.261 e. The van der Waals surface area contributed by atoms with E-state index in [1.54, 1.807) is 0 Å². The van der Waals surface area contributed by atoms with Crippen molar-refractivity contribution in [3.8, 4) is 0 Å². The van der Waals surface area contributed by atoms with Crippen LogP contribution in [0.5, 0.6) is 0 Å². The maximum Gasteiger partial charge on any atom is 0.0819 e. The van der Waals surface area contributed by atoms with Crippen LogP contribution in [-0.2, 0) is 0 Å². The fourth-order valence-electron chi connectivity index (χ4n) is 1.40. The van der Waals surface area contributed by atoms with Crippen molar-refractivity contribution >= 4 is 33.8 Å². The Balaban J connectivity index is 2.83. The Labute approximate surface area is 87.3 Å². The van der Waals surface area contributed by atoms with E-state index in [0.717, 1.165) is 22.2 Å². The van der Waals surface area contributed by atoms with E-state index in [2.05, 4.69) is 27.4 Å². The Morgan fingerprint density at radius 1 is 1.43 bits per heavy atom. The fourth-order valence-corrected chi connectivity index (χ4v) is 1.50. The van der Waals surface area contributed by atoms with Crippen LogP contribution in [0.4, 0.5) is 5.69 Å². The molecular weight excluding hydrogens is 192 g/mol. The molecule has 1 aromatic carbocycles. The third-order valence-corrected chi connectivity index (χ3v) is 2.13. The van der Waals surface area contributed by atoms with Crippen LogP contribution >= 0.6 is 12.2 Å². The van der Waals surface area contributed by atoms with E-state index in [0.29, 0.717) is 0 Å². The Morgan fingerprint density at radius 2 is 2.29 bits per heavy atom. The Morgan fingerprint density at radius 3 is 3.07 bits per heavy atom. The number of benzene rings is 1. The van der Waals surface area contributed by atoms with Gasteiger partial charge in [0.05, 0.1) is 10.8 Å². The molecule has 0 spiro atoms. The zero-order valence-corrected chi connectivity index (χ0v) is 8.51. The molecule has 0 unspecified atom stereocenters. The predicted molar refractivity (Wildman–Crippen MR) is 61.2 cm³/mol. The maximum atomic E-state index is 4.60. The van der Waals surface area contributed by atoms with Gasteiger partial charge in [-0.3, -0.25) is 4.98 Å². The Kier molecular flexibility index (Phi) is 2.35. The average Bonchev–Trinajstić information content (AvgIpc) is 2.19. The molecule has 0 radical (unpaired) electrons. The number of hydrogen-bond acceptors (Lipinski definition) is 3. The first-order valence-electron chi connectivity index (χ1n) is 4.24. The van der Waals surface area contributed by atoms with Crippen molar-refractivity contribution < 1.29 is 0 Å². The first kappa shape index (κ1) is 9.00. The lowest BCUT2D eigenvalue weighted by atomic mass is 10.1. The highest BCUT2D eigenvalue weighted by Crippen LogP contribution is 2.25. The summed E-state index contributed by atoms with van der Waals surface area (Å²) in [5.41, 5.74) is 1.83. The molecule has 0 fully saturated rings. The number of aliphatic imine (C=N–C) groups is 1. The number of nitrogens with zero attached hydrogens (tertiary/aromatic N) is 2. The third kappa shape index (κ3) is 1.55. The minimum atomic E-state index is 0.850. The van der Waals surface area contributed by atoms with Gasteiger partial charge in [0.1, 0.15) is 0 Å². The first-order valence-corrected chi connectivity index (χ1v) is 4.65. The molecule has 0 saturated heterocycles. The molecule has 14 heavy (non-hydrogen) atoms. The lowest BCUT2D eigenvalue weighted by Crippen LogP contribution is -1.81. The van der Waals surface area contributed by atoms with Crippen molar-refractivity contribution in [2.45, 2.75) is 6.92 Å². The van der Waals surface area contributed by atoms with E-state index in [-0.39, 0.29) is 0 Å². The summed E-state index contributed by atoms with van der Waals surface area (Å²) in [6.45, 7) is 1.96. The fraction of sp³-hybridized carbons (Fsp3) is 0.0909. The molecular formula is C11H8N2S. The van der Waals surface area contributed by atoms with E-state index < -0.39 is 0 Å². The van der Waals surface area contributed by atoms with Crippen LogP contribution in [-0.4, -0.2) is 10.1 Å². The summed E-state index contributed by atoms with van der Waals surface area (Å²) in [6.07, 6.45) is 1.84. The molecule has 1 heterocycles. The molecule has 0 aliphatic rings. The van der Waals surface area contributed by atoms with Gasteiger partial charge in [0.2, 0.25) is 0 Å². The number of aromatic nitrogens is 1. The Hall–Kier alpha value is -1.57. The molecule has 0 bridgehead atoms. The van der Waals surface area contributed by atoms with Gasteiger partial charge in [0.25, 0.3) is 0 Å². The van der Waals surface area contributed by atoms with Crippen LogP contribution < -0.4 is 0 Å².